The monoisotopic (exact) mass is 422 g/mol. The van der Waals surface area contributed by atoms with Gasteiger partial charge in [0.15, 0.2) is 0 Å². The Balaban J connectivity index is 1.70. The van der Waals surface area contributed by atoms with Crippen LogP contribution in [0.5, 0.6) is 11.5 Å². The third kappa shape index (κ3) is 5.57. The summed E-state index contributed by atoms with van der Waals surface area (Å²) in [7, 11) is 3.14. The van der Waals surface area contributed by atoms with Crippen LogP contribution in [-0.4, -0.2) is 42.1 Å². The van der Waals surface area contributed by atoms with Crippen molar-refractivity contribution in [2.75, 3.05) is 20.0 Å². The van der Waals surface area contributed by atoms with E-state index in [1.807, 2.05) is 24.3 Å². The van der Waals surface area contributed by atoms with Crippen molar-refractivity contribution in [2.45, 2.75) is 11.8 Å². The Hall–Kier alpha value is -3.39. The van der Waals surface area contributed by atoms with Crippen molar-refractivity contribution in [2.24, 2.45) is 5.10 Å². The summed E-state index contributed by atoms with van der Waals surface area (Å²) in [4.78, 5) is 22.2. The zero-order chi connectivity index (χ0) is 21.3. The van der Waals surface area contributed by atoms with Gasteiger partial charge < -0.3 is 9.47 Å². The average Bonchev–Trinajstić information content (AvgIpc) is 2.79. The van der Waals surface area contributed by atoms with Crippen molar-refractivity contribution >= 4 is 23.9 Å². The SMILES string of the molecule is CCSc1ccc(-c2cncc(C(=O)N/N=C/c3cc(OC)cc(OC)c3)n2)cc1. The molecule has 7 nitrogen and oxygen atoms in total. The molecule has 0 saturated heterocycles. The minimum absolute atomic E-state index is 0.180. The van der Waals surface area contributed by atoms with Crippen molar-refractivity contribution in [3.8, 4) is 22.8 Å². The van der Waals surface area contributed by atoms with Crippen molar-refractivity contribution in [3.63, 3.8) is 0 Å². The van der Waals surface area contributed by atoms with Gasteiger partial charge in [0.05, 0.1) is 38.5 Å². The van der Waals surface area contributed by atoms with Crippen LogP contribution in [0.2, 0.25) is 0 Å². The number of aromatic nitrogens is 2. The number of hydrogen-bond donors (Lipinski definition) is 1. The van der Waals surface area contributed by atoms with Crippen molar-refractivity contribution in [1.29, 1.82) is 0 Å². The Labute approximate surface area is 179 Å². The van der Waals surface area contributed by atoms with E-state index in [2.05, 4.69) is 27.4 Å². The molecule has 0 radical (unpaired) electrons. The molecule has 0 aliphatic carbocycles. The predicted octanol–water partition coefficient (Wildman–Crippen LogP) is 4.04. The van der Waals surface area contributed by atoms with Crippen LogP contribution in [0.1, 0.15) is 23.0 Å². The summed E-state index contributed by atoms with van der Waals surface area (Å²) in [6.07, 6.45) is 4.54. The smallest absolute Gasteiger partial charge is 0.291 e. The second kappa shape index (κ2) is 10.4. The lowest BCUT2D eigenvalue weighted by molar-refractivity contribution is 0.0950. The van der Waals surface area contributed by atoms with Crippen molar-refractivity contribution in [1.82, 2.24) is 15.4 Å². The summed E-state index contributed by atoms with van der Waals surface area (Å²) in [5.41, 5.74) is 4.88. The third-order valence-corrected chi connectivity index (χ3v) is 4.98. The third-order valence-electron chi connectivity index (χ3n) is 4.08. The topological polar surface area (TPSA) is 85.7 Å². The first-order valence-electron chi connectivity index (χ1n) is 9.24. The highest BCUT2D eigenvalue weighted by molar-refractivity contribution is 7.99. The normalized spacial score (nSPS) is 10.8. The number of methoxy groups -OCH3 is 2. The summed E-state index contributed by atoms with van der Waals surface area (Å²) in [5.74, 6) is 1.82. The number of nitrogens with zero attached hydrogens (tertiary/aromatic N) is 3. The molecule has 0 bridgehead atoms. The van der Waals surface area contributed by atoms with E-state index >= 15 is 0 Å². The molecule has 0 aliphatic rings. The fourth-order valence-electron chi connectivity index (χ4n) is 2.63. The Bertz CT molecular complexity index is 1020. The molecule has 0 unspecified atom stereocenters. The van der Waals surface area contributed by atoms with E-state index in [0.717, 1.165) is 16.9 Å². The van der Waals surface area contributed by atoms with Crippen LogP contribution in [0.25, 0.3) is 11.3 Å². The van der Waals surface area contributed by atoms with E-state index in [0.29, 0.717) is 17.2 Å². The van der Waals surface area contributed by atoms with E-state index in [1.54, 1.807) is 50.4 Å². The van der Waals surface area contributed by atoms with Crippen LogP contribution in [0.15, 0.2) is 64.9 Å². The molecular weight excluding hydrogens is 400 g/mol. The first-order chi connectivity index (χ1) is 14.6. The highest BCUT2D eigenvalue weighted by Gasteiger charge is 2.09. The number of benzene rings is 2. The molecule has 30 heavy (non-hydrogen) atoms. The zero-order valence-electron chi connectivity index (χ0n) is 17.0. The summed E-state index contributed by atoms with van der Waals surface area (Å²) in [6.45, 7) is 2.11. The number of carbonyl (C=O) groups excluding carboxylic acids is 1. The second-order valence-electron chi connectivity index (χ2n) is 6.09. The highest BCUT2D eigenvalue weighted by atomic mass is 32.2. The molecule has 0 spiro atoms. The maximum absolute atomic E-state index is 12.4. The highest BCUT2D eigenvalue weighted by Crippen LogP contribution is 2.23. The van der Waals surface area contributed by atoms with Crippen LogP contribution in [0.4, 0.5) is 0 Å². The second-order valence-corrected chi connectivity index (χ2v) is 7.43. The largest absolute Gasteiger partial charge is 0.497 e. The molecule has 3 aromatic rings. The number of amides is 1. The fourth-order valence-corrected chi connectivity index (χ4v) is 3.29. The molecule has 1 amide bonds. The van der Waals surface area contributed by atoms with Crippen LogP contribution in [0, 0.1) is 0 Å². The molecule has 2 aromatic carbocycles. The lowest BCUT2D eigenvalue weighted by atomic mass is 10.1. The van der Waals surface area contributed by atoms with Gasteiger partial charge in [0.25, 0.3) is 5.91 Å². The molecule has 1 N–H and O–H groups in total. The summed E-state index contributed by atoms with van der Waals surface area (Å²) in [5, 5.41) is 4.00. The standard InChI is InChI=1S/C22H22N4O3S/c1-4-30-19-7-5-16(6-8-19)20-13-23-14-21(25-20)22(27)26-24-12-15-9-17(28-2)11-18(10-15)29-3/h5-14H,4H2,1-3H3,(H,26,27)/b24-12+. The molecule has 1 heterocycles. The van der Waals surface area contributed by atoms with Crippen LogP contribution in [-0.2, 0) is 0 Å². The summed E-state index contributed by atoms with van der Waals surface area (Å²) >= 11 is 1.77. The lowest BCUT2D eigenvalue weighted by Crippen LogP contribution is -2.19. The average molecular weight is 423 g/mol. The van der Waals surface area contributed by atoms with Gasteiger partial charge in [-0.25, -0.2) is 10.4 Å². The number of thioether (sulfide) groups is 1. The molecule has 0 aliphatic heterocycles. The van der Waals surface area contributed by atoms with Gasteiger partial charge in [0.1, 0.15) is 17.2 Å². The number of carbonyl (C=O) groups is 1. The van der Waals surface area contributed by atoms with Gasteiger partial charge in [-0.05, 0) is 30.0 Å². The Morgan fingerprint density at radius 1 is 1.10 bits per heavy atom. The maximum atomic E-state index is 12.4. The van der Waals surface area contributed by atoms with Crippen molar-refractivity contribution < 1.29 is 14.3 Å². The van der Waals surface area contributed by atoms with Crippen LogP contribution in [0.3, 0.4) is 0 Å². The number of hydrazone groups is 1. The minimum atomic E-state index is -0.450. The predicted molar refractivity (Wildman–Crippen MR) is 118 cm³/mol. The van der Waals surface area contributed by atoms with E-state index < -0.39 is 5.91 Å². The van der Waals surface area contributed by atoms with Gasteiger partial charge in [-0.2, -0.15) is 5.10 Å². The minimum Gasteiger partial charge on any atom is -0.497 e. The zero-order valence-corrected chi connectivity index (χ0v) is 17.8. The number of rotatable bonds is 8. The number of ether oxygens (including phenoxy) is 2. The maximum Gasteiger partial charge on any atom is 0.291 e. The number of hydrogen-bond acceptors (Lipinski definition) is 7. The Morgan fingerprint density at radius 2 is 1.80 bits per heavy atom. The van der Waals surface area contributed by atoms with Gasteiger partial charge in [0.2, 0.25) is 0 Å². The molecule has 0 fully saturated rings. The Morgan fingerprint density at radius 3 is 2.43 bits per heavy atom. The molecule has 3 rings (SSSR count). The van der Waals surface area contributed by atoms with Gasteiger partial charge >= 0.3 is 0 Å². The first-order valence-corrected chi connectivity index (χ1v) is 10.2. The lowest BCUT2D eigenvalue weighted by Gasteiger charge is -2.06. The summed E-state index contributed by atoms with van der Waals surface area (Å²) < 4.78 is 10.4. The van der Waals surface area contributed by atoms with Gasteiger partial charge in [0, 0.05) is 22.1 Å². The molecular formula is C22H22N4O3S. The summed E-state index contributed by atoms with van der Waals surface area (Å²) in [6, 6.07) is 13.3. The Kier molecular flexibility index (Phi) is 7.40. The molecule has 154 valence electrons. The van der Waals surface area contributed by atoms with Gasteiger partial charge in [-0.15, -0.1) is 11.8 Å². The van der Waals surface area contributed by atoms with Crippen molar-refractivity contribution in [3.05, 3.63) is 66.1 Å². The molecule has 1 aromatic heterocycles. The quantitative estimate of drug-likeness (QED) is 0.335. The van der Waals surface area contributed by atoms with E-state index in [4.69, 9.17) is 9.47 Å². The van der Waals surface area contributed by atoms with Gasteiger partial charge in [-0.3, -0.25) is 9.78 Å². The molecule has 0 saturated carbocycles. The van der Waals surface area contributed by atoms with Crippen LogP contribution >= 0.6 is 11.8 Å². The van der Waals surface area contributed by atoms with Crippen LogP contribution < -0.4 is 14.9 Å². The first kappa shape index (κ1) is 21.3. The number of nitrogens with one attached hydrogen (secondary N) is 1. The van der Waals surface area contributed by atoms with E-state index in [1.165, 1.54) is 17.3 Å². The van der Waals surface area contributed by atoms with E-state index in [-0.39, 0.29) is 5.69 Å². The molecule has 8 heteroatoms. The molecule has 0 atom stereocenters. The van der Waals surface area contributed by atoms with Gasteiger partial charge in [-0.1, -0.05) is 19.1 Å². The fraction of sp³-hybridized carbons (Fsp3) is 0.182. The van der Waals surface area contributed by atoms with E-state index in [9.17, 15) is 4.79 Å².